The molecule has 0 aliphatic carbocycles. The zero-order valence-corrected chi connectivity index (χ0v) is 14.0. The van der Waals surface area contributed by atoms with E-state index >= 15 is 0 Å². The Kier molecular flexibility index (Phi) is 4.43. The van der Waals surface area contributed by atoms with Crippen LogP contribution in [-0.2, 0) is 10.0 Å². The van der Waals surface area contributed by atoms with Gasteiger partial charge in [-0.15, -0.1) is 0 Å². The summed E-state index contributed by atoms with van der Waals surface area (Å²) in [5.74, 6) is 0.239. The fraction of sp³-hybridized carbons (Fsp3) is 0.143. The van der Waals surface area contributed by atoms with Gasteiger partial charge < -0.3 is 10.5 Å². The molecular weight excluding hydrogens is 356 g/mol. The van der Waals surface area contributed by atoms with Gasteiger partial charge in [-0.05, 0) is 42.8 Å². The lowest BCUT2D eigenvalue weighted by molar-refractivity contribution is 0.403. The number of halogens is 1. The zero-order chi connectivity index (χ0) is 15.6. The maximum Gasteiger partial charge on any atom is 0.265 e. The van der Waals surface area contributed by atoms with E-state index in [4.69, 9.17) is 10.5 Å². The van der Waals surface area contributed by atoms with Crippen LogP contribution in [-0.4, -0.2) is 15.5 Å². The monoisotopic (exact) mass is 370 g/mol. The Balaban J connectivity index is 2.42. The summed E-state index contributed by atoms with van der Waals surface area (Å²) >= 11 is 3.37. The number of sulfonamides is 1. The molecule has 0 saturated carbocycles. The molecule has 0 radical (unpaired) electrons. The Morgan fingerprint density at radius 3 is 2.52 bits per heavy atom. The van der Waals surface area contributed by atoms with Crippen LogP contribution in [0, 0.1) is 6.92 Å². The predicted molar refractivity (Wildman–Crippen MR) is 87.1 cm³/mol. The maximum atomic E-state index is 12.5. The summed E-state index contributed by atoms with van der Waals surface area (Å²) in [6.07, 6.45) is 0. The SMILES string of the molecule is COc1ccc(N)cc1S(=O)(=O)Nc1ccc(C)c(Br)c1. The molecule has 0 unspecified atom stereocenters. The molecule has 0 aliphatic heterocycles. The Labute approximate surface area is 132 Å². The average molecular weight is 371 g/mol. The third-order valence-corrected chi connectivity index (χ3v) is 5.16. The fourth-order valence-electron chi connectivity index (χ4n) is 1.77. The van der Waals surface area contributed by atoms with Crippen molar-refractivity contribution in [1.82, 2.24) is 0 Å². The van der Waals surface area contributed by atoms with E-state index in [1.165, 1.54) is 19.2 Å². The van der Waals surface area contributed by atoms with E-state index in [1.54, 1.807) is 18.2 Å². The van der Waals surface area contributed by atoms with E-state index in [9.17, 15) is 8.42 Å². The first-order chi connectivity index (χ1) is 9.83. The normalized spacial score (nSPS) is 11.2. The predicted octanol–water partition coefficient (Wildman–Crippen LogP) is 3.15. The number of benzene rings is 2. The van der Waals surface area contributed by atoms with Gasteiger partial charge in [0.2, 0.25) is 0 Å². The van der Waals surface area contributed by atoms with E-state index in [0.717, 1.165) is 10.0 Å². The van der Waals surface area contributed by atoms with E-state index < -0.39 is 10.0 Å². The molecule has 0 saturated heterocycles. The van der Waals surface area contributed by atoms with Gasteiger partial charge in [-0.25, -0.2) is 8.42 Å². The number of nitrogens with one attached hydrogen (secondary N) is 1. The number of aryl methyl sites for hydroxylation is 1. The molecule has 0 aromatic heterocycles. The highest BCUT2D eigenvalue weighted by atomic mass is 79.9. The van der Waals surface area contributed by atoms with Crippen LogP contribution in [0.25, 0.3) is 0 Å². The van der Waals surface area contributed by atoms with Gasteiger partial charge in [0, 0.05) is 15.8 Å². The molecule has 0 atom stereocenters. The van der Waals surface area contributed by atoms with E-state index in [1.807, 2.05) is 13.0 Å². The van der Waals surface area contributed by atoms with Crippen LogP contribution in [0.2, 0.25) is 0 Å². The van der Waals surface area contributed by atoms with Crippen molar-refractivity contribution in [3.05, 3.63) is 46.4 Å². The maximum absolute atomic E-state index is 12.5. The fourth-order valence-corrected chi connectivity index (χ4v) is 3.40. The minimum absolute atomic E-state index is 0.00157. The molecule has 2 rings (SSSR count). The second-order valence-corrected chi connectivity index (χ2v) is 6.98. The zero-order valence-electron chi connectivity index (χ0n) is 11.6. The summed E-state index contributed by atoms with van der Waals surface area (Å²) in [4.78, 5) is 0.00157. The second kappa shape index (κ2) is 5.95. The second-order valence-electron chi connectivity index (χ2n) is 4.48. The topological polar surface area (TPSA) is 81.4 Å². The number of nitrogens with two attached hydrogens (primary N) is 1. The molecule has 5 nitrogen and oxygen atoms in total. The number of anilines is 2. The summed E-state index contributed by atoms with van der Waals surface area (Å²) in [5.41, 5.74) is 7.48. The van der Waals surface area contributed by atoms with Crippen LogP contribution >= 0.6 is 15.9 Å². The van der Waals surface area contributed by atoms with Crippen LogP contribution < -0.4 is 15.2 Å². The molecule has 0 heterocycles. The number of rotatable bonds is 4. The largest absolute Gasteiger partial charge is 0.495 e. The third-order valence-electron chi connectivity index (χ3n) is 2.90. The molecule has 0 spiro atoms. The Morgan fingerprint density at radius 1 is 1.19 bits per heavy atom. The lowest BCUT2D eigenvalue weighted by Crippen LogP contribution is -2.14. The van der Waals surface area contributed by atoms with Crippen molar-refractivity contribution >= 4 is 37.3 Å². The minimum Gasteiger partial charge on any atom is -0.495 e. The summed E-state index contributed by atoms with van der Waals surface area (Å²) in [6, 6.07) is 9.68. The van der Waals surface area contributed by atoms with Gasteiger partial charge in [0.15, 0.2) is 0 Å². The summed E-state index contributed by atoms with van der Waals surface area (Å²) < 4.78 is 33.4. The molecule has 3 N–H and O–H groups in total. The summed E-state index contributed by atoms with van der Waals surface area (Å²) in [5, 5.41) is 0. The van der Waals surface area contributed by atoms with Crippen molar-refractivity contribution in [2.75, 3.05) is 17.6 Å². The van der Waals surface area contributed by atoms with Crippen LogP contribution in [0.15, 0.2) is 45.8 Å². The highest BCUT2D eigenvalue weighted by Gasteiger charge is 2.20. The molecule has 2 aromatic rings. The van der Waals surface area contributed by atoms with Gasteiger partial charge in [0.05, 0.1) is 7.11 Å². The minimum atomic E-state index is -3.78. The molecule has 0 amide bonds. The van der Waals surface area contributed by atoms with Crippen molar-refractivity contribution in [3.63, 3.8) is 0 Å². The highest BCUT2D eigenvalue weighted by molar-refractivity contribution is 9.10. The van der Waals surface area contributed by atoms with E-state index in [0.29, 0.717) is 11.4 Å². The number of ether oxygens (including phenoxy) is 1. The third kappa shape index (κ3) is 3.48. The molecular formula is C14H15BrN2O3S. The molecule has 0 aliphatic rings. The number of hydrogen-bond donors (Lipinski definition) is 2. The standard InChI is InChI=1S/C14H15BrN2O3S/c1-9-3-5-11(8-12(9)15)17-21(18,19)14-7-10(16)4-6-13(14)20-2/h3-8,17H,16H2,1-2H3. The molecule has 7 heteroatoms. The van der Waals surface area contributed by atoms with Crippen LogP contribution in [0.3, 0.4) is 0 Å². The lowest BCUT2D eigenvalue weighted by atomic mass is 10.2. The van der Waals surface area contributed by atoms with Crippen molar-refractivity contribution < 1.29 is 13.2 Å². The molecule has 0 fully saturated rings. The highest BCUT2D eigenvalue weighted by Crippen LogP contribution is 2.29. The summed E-state index contributed by atoms with van der Waals surface area (Å²) in [6.45, 7) is 1.92. The van der Waals surface area contributed by atoms with Crippen LogP contribution in [0.5, 0.6) is 5.75 Å². The van der Waals surface area contributed by atoms with Gasteiger partial charge in [-0.1, -0.05) is 22.0 Å². The Morgan fingerprint density at radius 2 is 1.90 bits per heavy atom. The van der Waals surface area contributed by atoms with Crippen molar-refractivity contribution in [3.8, 4) is 5.75 Å². The van der Waals surface area contributed by atoms with E-state index in [-0.39, 0.29) is 10.6 Å². The quantitative estimate of drug-likeness (QED) is 0.809. The lowest BCUT2D eigenvalue weighted by Gasteiger charge is -2.12. The van der Waals surface area contributed by atoms with Gasteiger partial charge in [0.1, 0.15) is 10.6 Å². The van der Waals surface area contributed by atoms with Gasteiger partial charge >= 0.3 is 0 Å². The van der Waals surface area contributed by atoms with Crippen LogP contribution in [0.1, 0.15) is 5.56 Å². The molecule has 0 bridgehead atoms. The Hall–Kier alpha value is -1.73. The van der Waals surface area contributed by atoms with Crippen molar-refractivity contribution in [2.45, 2.75) is 11.8 Å². The summed E-state index contributed by atoms with van der Waals surface area (Å²) in [7, 11) is -2.37. The van der Waals surface area contributed by atoms with Crippen molar-refractivity contribution in [1.29, 1.82) is 0 Å². The first-order valence-electron chi connectivity index (χ1n) is 6.06. The first kappa shape index (κ1) is 15.7. The molecule has 112 valence electrons. The Bertz CT molecular complexity index is 776. The van der Waals surface area contributed by atoms with Crippen molar-refractivity contribution in [2.24, 2.45) is 0 Å². The molecule has 2 aromatic carbocycles. The first-order valence-corrected chi connectivity index (χ1v) is 8.33. The number of methoxy groups -OCH3 is 1. The van der Waals surface area contributed by atoms with Crippen LogP contribution in [0.4, 0.5) is 11.4 Å². The average Bonchev–Trinajstić information content (AvgIpc) is 2.42. The van der Waals surface area contributed by atoms with Gasteiger partial charge in [-0.2, -0.15) is 0 Å². The van der Waals surface area contributed by atoms with Gasteiger partial charge in [-0.3, -0.25) is 4.72 Å². The van der Waals surface area contributed by atoms with E-state index in [2.05, 4.69) is 20.7 Å². The number of nitrogen functional groups attached to an aromatic ring is 1. The van der Waals surface area contributed by atoms with Gasteiger partial charge in [0.25, 0.3) is 10.0 Å². The smallest absolute Gasteiger partial charge is 0.265 e. The number of hydrogen-bond acceptors (Lipinski definition) is 4. The molecule has 21 heavy (non-hydrogen) atoms.